The highest BCUT2D eigenvalue weighted by Gasteiger charge is 2.45. The Hall–Kier alpha value is -0.860. The predicted octanol–water partition coefficient (Wildman–Crippen LogP) is 2.07. The molecule has 2 bridgehead atoms. The standard InChI is InChI=1S/C15H21NO/c1-16-13-8-7-12(14(16)10-15(13)17)9-11-5-3-2-4-6-11/h2-6,12-15,17H,7-10H2,1H3. The average molecular weight is 231 g/mol. The normalized spacial score (nSPS) is 37.3. The summed E-state index contributed by atoms with van der Waals surface area (Å²) in [6.45, 7) is 0. The Kier molecular flexibility index (Phi) is 2.93. The zero-order chi connectivity index (χ0) is 11.8. The number of piperidine rings is 1. The van der Waals surface area contributed by atoms with Crippen LogP contribution in [-0.2, 0) is 6.42 Å². The first-order chi connectivity index (χ1) is 8.25. The molecule has 1 aromatic carbocycles. The Bertz CT molecular complexity index is 378. The van der Waals surface area contributed by atoms with Gasteiger partial charge in [0, 0.05) is 12.1 Å². The maximum Gasteiger partial charge on any atom is 0.0710 e. The van der Waals surface area contributed by atoms with E-state index in [4.69, 9.17) is 0 Å². The van der Waals surface area contributed by atoms with Gasteiger partial charge < -0.3 is 5.11 Å². The van der Waals surface area contributed by atoms with Crippen molar-refractivity contribution in [3.8, 4) is 0 Å². The van der Waals surface area contributed by atoms with Crippen molar-refractivity contribution in [3.63, 3.8) is 0 Å². The number of hydrogen-bond acceptors (Lipinski definition) is 2. The molecule has 3 rings (SSSR count). The first kappa shape index (κ1) is 11.2. The molecule has 0 aromatic heterocycles. The van der Waals surface area contributed by atoms with Crippen LogP contribution in [0.3, 0.4) is 0 Å². The second-order valence-corrected chi connectivity index (χ2v) is 5.63. The summed E-state index contributed by atoms with van der Waals surface area (Å²) < 4.78 is 0. The summed E-state index contributed by atoms with van der Waals surface area (Å²) in [5.74, 6) is 0.718. The monoisotopic (exact) mass is 231 g/mol. The molecule has 2 nitrogen and oxygen atoms in total. The molecule has 0 amide bonds. The molecular formula is C15H21NO. The van der Waals surface area contributed by atoms with Crippen LogP contribution < -0.4 is 0 Å². The lowest BCUT2D eigenvalue weighted by atomic mass is 9.85. The van der Waals surface area contributed by atoms with Crippen LogP contribution in [0.1, 0.15) is 24.8 Å². The lowest BCUT2D eigenvalue weighted by Crippen LogP contribution is -2.44. The number of nitrogens with zero attached hydrogens (tertiary/aromatic N) is 1. The van der Waals surface area contributed by atoms with Gasteiger partial charge in [0.25, 0.3) is 0 Å². The van der Waals surface area contributed by atoms with Gasteiger partial charge >= 0.3 is 0 Å². The van der Waals surface area contributed by atoms with Gasteiger partial charge in [-0.05, 0) is 44.2 Å². The van der Waals surface area contributed by atoms with Gasteiger partial charge in [-0.15, -0.1) is 0 Å². The van der Waals surface area contributed by atoms with Crippen LogP contribution in [0.5, 0.6) is 0 Å². The van der Waals surface area contributed by atoms with E-state index in [0.29, 0.717) is 12.1 Å². The summed E-state index contributed by atoms with van der Waals surface area (Å²) in [5, 5.41) is 10.0. The fraction of sp³-hybridized carbons (Fsp3) is 0.600. The van der Waals surface area contributed by atoms with Crippen LogP contribution in [0.4, 0.5) is 0 Å². The molecule has 92 valence electrons. The van der Waals surface area contributed by atoms with Crippen LogP contribution in [0.15, 0.2) is 30.3 Å². The third-order valence-corrected chi connectivity index (χ3v) is 4.69. The van der Waals surface area contributed by atoms with Crippen molar-refractivity contribution in [3.05, 3.63) is 35.9 Å². The largest absolute Gasteiger partial charge is 0.391 e. The van der Waals surface area contributed by atoms with Crippen LogP contribution in [0, 0.1) is 5.92 Å². The van der Waals surface area contributed by atoms with Crippen molar-refractivity contribution in [2.75, 3.05) is 7.05 Å². The van der Waals surface area contributed by atoms with Crippen molar-refractivity contribution in [1.29, 1.82) is 0 Å². The zero-order valence-corrected chi connectivity index (χ0v) is 10.4. The van der Waals surface area contributed by atoms with E-state index in [1.807, 2.05) is 0 Å². The molecule has 4 unspecified atom stereocenters. The summed E-state index contributed by atoms with van der Waals surface area (Å²) in [6.07, 6.45) is 4.47. The van der Waals surface area contributed by atoms with Crippen molar-refractivity contribution < 1.29 is 5.11 Å². The third kappa shape index (κ3) is 2.00. The molecule has 0 saturated carbocycles. The molecule has 2 saturated heterocycles. The molecule has 2 aliphatic heterocycles. The van der Waals surface area contributed by atoms with Gasteiger partial charge in [0.2, 0.25) is 0 Å². The van der Waals surface area contributed by atoms with E-state index in [-0.39, 0.29) is 6.10 Å². The van der Waals surface area contributed by atoms with Gasteiger partial charge in [0.15, 0.2) is 0 Å². The summed E-state index contributed by atoms with van der Waals surface area (Å²) in [7, 11) is 2.18. The van der Waals surface area contributed by atoms with Crippen molar-refractivity contribution >= 4 is 0 Å². The Labute approximate surface area is 103 Å². The summed E-state index contributed by atoms with van der Waals surface area (Å²) in [6, 6.07) is 11.8. The highest BCUT2D eigenvalue weighted by atomic mass is 16.3. The molecule has 2 heteroatoms. The Morgan fingerprint density at radius 1 is 1.18 bits per heavy atom. The molecular weight excluding hydrogens is 210 g/mol. The number of aliphatic hydroxyl groups excluding tert-OH is 1. The average Bonchev–Trinajstić information content (AvgIpc) is 2.52. The van der Waals surface area contributed by atoms with E-state index in [9.17, 15) is 5.11 Å². The minimum absolute atomic E-state index is 0.0919. The number of aliphatic hydroxyl groups is 1. The van der Waals surface area contributed by atoms with Crippen molar-refractivity contribution in [2.45, 2.75) is 43.9 Å². The Morgan fingerprint density at radius 3 is 2.71 bits per heavy atom. The predicted molar refractivity (Wildman–Crippen MR) is 68.8 cm³/mol. The van der Waals surface area contributed by atoms with Crippen LogP contribution in [-0.4, -0.2) is 35.2 Å². The first-order valence-electron chi connectivity index (χ1n) is 6.69. The molecule has 0 aliphatic carbocycles. The van der Waals surface area contributed by atoms with Gasteiger partial charge in [-0.1, -0.05) is 30.3 Å². The number of hydrogen-bond donors (Lipinski definition) is 1. The quantitative estimate of drug-likeness (QED) is 0.842. The zero-order valence-electron chi connectivity index (χ0n) is 10.4. The minimum Gasteiger partial charge on any atom is -0.391 e. The lowest BCUT2D eigenvalue weighted by molar-refractivity contribution is 0.0813. The van der Waals surface area contributed by atoms with E-state index >= 15 is 0 Å². The number of benzene rings is 1. The number of rotatable bonds is 2. The minimum atomic E-state index is -0.0919. The molecule has 2 heterocycles. The van der Waals surface area contributed by atoms with Gasteiger partial charge in [-0.25, -0.2) is 0 Å². The molecule has 17 heavy (non-hydrogen) atoms. The smallest absolute Gasteiger partial charge is 0.0710 e. The summed E-state index contributed by atoms with van der Waals surface area (Å²) in [5.41, 5.74) is 1.44. The molecule has 1 aromatic rings. The fourth-order valence-corrected chi connectivity index (χ4v) is 3.74. The molecule has 2 fully saturated rings. The van der Waals surface area contributed by atoms with Crippen LogP contribution >= 0.6 is 0 Å². The highest BCUT2D eigenvalue weighted by molar-refractivity contribution is 5.16. The fourth-order valence-electron chi connectivity index (χ4n) is 3.74. The third-order valence-electron chi connectivity index (χ3n) is 4.69. The van der Waals surface area contributed by atoms with E-state index < -0.39 is 0 Å². The molecule has 1 N–H and O–H groups in total. The SMILES string of the molecule is CN1C2CCC(Cc3ccccc3)C1CC2O. The molecule has 0 radical (unpaired) electrons. The van der Waals surface area contributed by atoms with Crippen LogP contribution in [0.2, 0.25) is 0 Å². The molecule has 0 spiro atoms. The second-order valence-electron chi connectivity index (χ2n) is 5.63. The van der Waals surface area contributed by atoms with Gasteiger partial charge in [0.05, 0.1) is 6.10 Å². The van der Waals surface area contributed by atoms with Gasteiger partial charge in [-0.3, -0.25) is 4.90 Å². The van der Waals surface area contributed by atoms with E-state index in [0.717, 1.165) is 25.2 Å². The number of fused-ring (bicyclic) bond motifs is 2. The Morgan fingerprint density at radius 2 is 1.94 bits per heavy atom. The highest BCUT2D eigenvalue weighted by Crippen LogP contribution is 2.39. The summed E-state index contributed by atoms with van der Waals surface area (Å²) in [4.78, 5) is 2.42. The first-order valence-corrected chi connectivity index (χ1v) is 6.69. The van der Waals surface area contributed by atoms with E-state index in [1.54, 1.807) is 0 Å². The van der Waals surface area contributed by atoms with E-state index in [1.165, 1.54) is 12.0 Å². The van der Waals surface area contributed by atoms with Crippen molar-refractivity contribution in [1.82, 2.24) is 4.90 Å². The number of likely N-dealkylation sites (N-methyl/N-ethyl adjacent to an activating group) is 1. The van der Waals surface area contributed by atoms with Crippen LogP contribution in [0.25, 0.3) is 0 Å². The lowest BCUT2D eigenvalue weighted by Gasteiger charge is -2.37. The summed E-state index contributed by atoms with van der Waals surface area (Å²) >= 11 is 0. The van der Waals surface area contributed by atoms with E-state index in [2.05, 4.69) is 42.3 Å². The maximum absolute atomic E-state index is 10.0. The Balaban J connectivity index is 1.73. The molecule has 4 atom stereocenters. The topological polar surface area (TPSA) is 23.5 Å². The van der Waals surface area contributed by atoms with Crippen molar-refractivity contribution in [2.24, 2.45) is 5.92 Å². The molecule has 2 aliphatic rings. The van der Waals surface area contributed by atoms with Gasteiger partial charge in [-0.2, -0.15) is 0 Å². The second kappa shape index (κ2) is 4.43. The maximum atomic E-state index is 10.0. The van der Waals surface area contributed by atoms with Gasteiger partial charge in [0.1, 0.15) is 0 Å².